The summed E-state index contributed by atoms with van der Waals surface area (Å²) in [5, 5.41) is 12.0. The molecule has 0 saturated heterocycles. The molecule has 0 fully saturated rings. The number of amides is 1. The highest BCUT2D eigenvalue weighted by Gasteiger charge is 2.12. The molecular formula is C11H11ClN2O3. The summed E-state index contributed by atoms with van der Waals surface area (Å²) in [6.07, 6.45) is 1.08. The van der Waals surface area contributed by atoms with Crippen LogP contribution in [-0.2, 0) is 16.1 Å². The van der Waals surface area contributed by atoms with Crippen LogP contribution in [0.25, 0.3) is 0 Å². The molecule has 0 spiro atoms. The number of aliphatic carboxylic acids is 1. The molecule has 0 aliphatic carbocycles. The van der Waals surface area contributed by atoms with Gasteiger partial charge in [0.2, 0.25) is 0 Å². The monoisotopic (exact) mass is 254 g/mol. The third kappa shape index (κ3) is 4.16. The Labute approximate surface area is 103 Å². The maximum absolute atomic E-state index is 10.7. The zero-order valence-electron chi connectivity index (χ0n) is 8.81. The van der Waals surface area contributed by atoms with Crippen molar-refractivity contribution < 1.29 is 14.7 Å². The summed E-state index contributed by atoms with van der Waals surface area (Å²) in [6.45, 7) is 0.376. The summed E-state index contributed by atoms with van der Waals surface area (Å²) in [7, 11) is 0. The van der Waals surface area contributed by atoms with Gasteiger partial charge in [-0.05, 0) is 17.7 Å². The fraction of sp³-hybridized carbons (Fsp3) is 0.0909. The molecule has 1 aromatic rings. The number of rotatable bonds is 5. The third-order valence-corrected chi connectivity index (χ3v) is 2.21. The van der Waals surface area contributed by atoms with Crippen LogP contribution < -0.4 is 11.1 Å². The molecule has 0 radical (unpaired) electrons. The first-order valence-electron chi connectivity index (χ1n) is 4.72. The number of primary amides is 1. The first-order chi connectivity index (χ1) is 8.00. The smallest absolute Gasteiger partial charge is 0.342 e. The van der Waals surface area contributed by atoms with Crippen molar-refractivity contribution in [3.63, 3.8) is 0 Å². The fourth-order valence-electron chi connectivity index (χ4n) is 1.11. The number of carbonyl (C=O) groups is 2. The van der Waals surface area contributed by atoms with Crippen LogP contribution in [0.4, 0.5) is 0 Å². The lowest BCUT2D eigenvalue weighted by Gasteiger charge is -2.02. The molecule has 0 bridgehead atoms. The van der Waals surface area contributed by atoms with Crippen LogP contribution in [0.5, 0.6) is 0 Å². The van der Waals surface area contributed by atoms with E-state index < -0.39 is 17.4 Å². The molecule has 1 amide bonds. The lowest BCUT2D eigenvalue weighted by atomic mass is 10.2. The van der Waals surface area contributed by atoms with E-state index in [1.54, 1.807) is 24.3 Å². The highest BCUT2D eigenvalue weighted by Crippen LogP contribution is 2.09. The Bertz CT molecular complexity index is 438. The number of hydrogen-bond donors (Lipinski definition) is 3. The van der Waals surface area contributed by atoms with Crippen molar-refractivity contribution in [1.82, 2.24) is 5.32 Å². The quantitative estimate of drug-likeness (QED) is 0.413. The van der Waals surface area contributed by atoms with Gasteiger partial charge in [0, 0.05) is 17.8 Å². The number of halogens is 1. The molecule has 1 aromatic carbocycles. The van der Waals surface area contributed by atoms with Crippen molar-refractivity contribution in [1.29, 1.82) is 0 Å². The molecule has 0 saturated carbocycles. The second-order valence-electron chi connectivity index (χ2n) is 3.23. The summed E-state index contributed by atoms with van der Waals surface area (Å²) in [5.41, 5.74) is 5.31. The number of benzene rings is 1. The van der Waals surface area contributed by atoms with Gasteiger partial charge in [0.1, 0.15) is 5.57 Å². The molecule has 0 aliphatic rings. The second kappa shape index (κ2) is 5.91. The van der Waals surface area contributed by atoms with Gasteiger partial charge in [0.25, 0.3) is 5.91 Å². The number of carbonyl (C=O) groups excluding carboxylic acids is 1. The van der Waals surface area contributed by atoms with E-state index in [9.17, 15) is 9.59 Å². The topological polar surface area (TPSA) is 92.4 Å². The molecular weight excluding hydrogens is 244 g/mol. The van der Waals surface area contributed by atoms with Crippen LogP contribution in [0.3, 0.4) is 0 Å². The van der Waals surface area contributed by atoms with E-state index in [1.807, 2.05) is 0 Å². The van der Waals surface area contributed by atoms with Gasteiger partial charge in [-0.3, -0.25) is 4.79 Å². The minimum atomic E-state index is -1.36. The van der Waals surface area contributed by atoms with Gasteiger partial charge in [-0.1, -0.05) is 23.7 Å². The summed E-state index contributed by atoms with van der Waals surface area (Å²) in [4.78, 5) is 21.3. The highest BCUT2D eigenvalue weighted by atomic mass is 35.5. The van der Waals surface area contributed by atoms with Crippen LogP contribution in [0.1, 0.15) is 5.56 Å². The Morgan fingerprint density at radius 1 is 1.35 bits per heavy atom. The number of carboxylic acids is 1. The molecule has 0 unspecified atom stereocenters. The van der Waals surface area contributed by atoms with E-state index in [4.69, 9.17) is 22.4 Å². The van der Waals surface area contributed by atoms with Crippen molar-refractivity contribution in [3.8, 4) is 0 Å². The van der Waals surface area contributed by atoms with Gasteiger partial charge in [0.15, 0.2) is 0 Å². The Hall–Kier alpha value is -2.01. The van der Waals surface area contributed by atoms with Gasteiger partial charge in [-0.15, -0.1) is 0 Å². The Kier molecular flexibility index (Phi) is 4.54. The molecule has 4 N–H and O–H groups in total. The zero-order valence-corrected chi connectivity index (χ0v) is 9.57. The van der Waals surface area contributed by atoms with Gasteiger partial charge in [-0.25, -0.2) is 4.79 Å². The highest BCUT2D eigenvalue weighted by molar-refractivity contribution is 6.30. The number of hydrogen-bond acceptors (Lipinski definition) is 3. The van der Waals surface area contributed by atoms with Crippen LogP contribution in [-0.4, -0.2) is 17.0 Å². The largest absolute Gasteiger partial charge is 0.477 e. The molecule has 17 heavy (non-hydrogen) atoms. The predicted molar refractivity (Wildman–Crippen MR) is 63.2 cm³/mol. The average molecular weight is 255 g/mol. The molecule has 0 aliphatic heterocycles. The Morgan fingerprint density at radius 2 is 1.94 bits per heavy atom. The van der Waals surface area contributed by atoms with E-state index in [1.165, 1.54) is 0 Å². The minimum absolute atomic E-state index is 0.376. The van der Waals surface area contributed by atoms with Crippen molar-refractivity contribution in [2.45, 2.75) is 6.54 Å². The minimum Gasteiger partial charge on any atom is -0.477 e. The second-order valence-corrected chi connectivity index (χ2v) is 3.67. The summed E-state index contributed by atoms with van der Waals surface area (Å²) >= 11 is 5.71. The molecule has 5 nitrogen and oxygen atoms in total. The average Bonchev–Trinajstić information content (AvgIpc) is 2.25. The third-order valence-electron chi connectivity index (χ3n) is 1.96. The summed E-state index contributed by atoms with van der Waals surface area (Å²) in [6, 6.07) is 7.00. The maximum Gasteiger partial charge on any atom is 0.342 e. The van der Waals surface area contributed by atoms with E-state index in [0.717, 1.165) is 11.8 Å². The molecule has 0 atom stereocenters. The number of nitrogens with one attached hydrogen (secondary N) is 1. The SMILES string of the molecule is NC(=O)/C(=C\NCc1ccc(Cl)cc1)C(=O)O. The van der Waals surface area contributed by atoms with E-state index in [0.29, 0.717) is 11.6 Å². The van der Waals surface area contributed by atoms with Crippen molar-refractivity contribution in [3.05, 3.63) is 46.6 Å². The van der Waals surface area contributed by atoms with Gasteiger partial charge in [0.05, 0.1) is 0 Å². The molecule has 0 heterocycles. The summed E-state index contributed by atoms with van der Waals surface area (Å²) < 4.78 is 0. The van der Waals surface area contributed by atoms with Gasteiger partial charge >= 0.3 is 5.97 Å². The predicted octanol–water partition coefficient (Wildman–Crippen LogP) is 0.883. The molecule has 1 rings (SSSR count). The fourth-order valence-corrected chi connectivity index (χ4v) is 1.24. The normalized spacial score (nSPS) is 11.0. The number of nitrogens with two attached hydrogens (primary N) is 1. The van der Waals surface area contributed by atoms with Crippen molar-refractivity contribution in [2.75, 3.05) is 0 Å². The first kappa shape index (κ1) is 13.1. The lowest BCUT2D eigenvalue weighted by molar-refractivity contribution is -0.134. The van der Waals surface area contributed by atoms with Crippen LogP contribution in [0.15, 0.2) is 36.0 Å². The van der Waals surface area contributed by atoms with E-state index in [-0.39, 0.29) is 0 Å². The van der Waals surface area contributed by atoms with Crippen molar-refractivity contribution >= 4 is 23.5 Å². The van der Waals surface area contributed by atoms with Crippen LogP contribution in [0.2, 0.25) is 5.02 Å². The number of carboxylic acid groups (broad SMARTS) is 1. The molecule has 0 aromatic heterocycles. The van der Waals surface area contributed by atoms with Gasteiger partial charge in [-0.2, -0.15) is 0 Å². The standard InChI is InChI=1S/C11H11ClN2O3/c12-8-3-1-7(2-4-8)5-14-6-9(10(13)15)11(16)17/h1-4,6,14H,5H2,(H2,13,15)(H,16,17)/b9-6+. The zero-order chi connectivity index (χ0) is 12.8. The Balaban J connectivity index is 2.62. The van der Waals surface area contributed by atoms with Crippen LogP contribution >= 0.6 is 11.6 Å². The molecule has 90 valence electrons. The van der Waals surface area contributed by atoms with E-state index >= 15 is 0 Å². The first-order valence-corrected chi connectivity index (χ1v) is 5.09. The van der Waals surface area contributed by atoms with Crippen LogP contribution in [0, 0.1) is 0 Å². The summed E-state index contributed by atoms with van der Waals surface area (Å²) in [5.74, 6) is -2.35. The van der Waals surface area contributed by atoms with Gasteiger partial charge < -0.3 is 16.2 Å². The Morgan fingerprint density at radius 3 is 2.41 bits per heavy atom. The van der Waals surface area contributed by atoms with Crippen molar-refractivity contribution in [2.24, 2.45) is 5.73 Å². The lowest BCUT2D eigenvalue weighted by Crippen LogP contribution is -2.22. The maximum atomic E-state index is 10.7. The molecule has 6 heteroatoms. The van der Waals surface area contributed by atoms with E-state index in [2.05, 4.69) is 5.32 Å².